The summed E-state index contributed by atoms with van der Waals surface area (Å²) in [5.41, 5.74) is 1.68. The molecule has 0 saturated carbocycles. The SMILES string of the molecule is O=c1[nH]c(NCc2ccc(Cl)c(Cl)c2)nc2cnn(CC3CCO3)c12. The van der Waals surface area contributed by atoms with Crippen molar-refractivity contribution in [3.63, 3.8) is 0 Å². The van der Waals surface area contributed by atoms with Gasteiger partial charge in [-0.1, -0.05) is 29.3 Å². The number of nitrogens with one attached hydrogen (secondary N) is 2. The monoisotopic (exact) mass is 379 g/mol. The fourth-order valence-corrected chi connectivity index (χ4v) is 3.01. The first-order valence-corrected chi connectivity index (χ1v) is 8.61. The molecule has 1 aliphatic heterocycles. The normalized spacial score (nSPS) is 16.8. The summed E-state index contributed by atoms with van der Waals surface area (Å²) in [5, 5.41) is 8.32. The summed E-state index contributed by atoms with van der Waals surface area (Å²) < 4.78 is 7.04. The lowest BCUT2D eigenvalue weighted by Crippen LogP contribution is -2.32. The Morgan fingerprint density at radius 3 is 2.92 bits per heavy atom. The number of nitrogens with zero attached hydrogens (tertiary/aromatic N) is 3. The Morgan fingerprint density at radius 1 is 1.36 bits per heavy atom. The highest BCUT2D eigenvalue weighted by Crippen LogP contribution is 2.23. The Bertz CT molecular complexity index is 980. The van der Waals surface area contributed by atoms with Gasteiger partial charge in [0.1, 0.15) is 5.52 Å². The third-order valence-corrected chi connectivity index (χ3v) is 4.85. The van der Waals surface area contributed by atoms with Crippen LogP contribution in [0.2, 0.25) is 10.0 Å². The molecule has 7 nitrogen and oxygen atoms in total. The molecule has 0 spiro atoms. The molecule has 0 radical (unpaired) electrons. The summed E-state index contributed by atoms with van der Waals surface area (Å²) in [6.45, 7) is 1.78. The molecule has 1 atom stereocenters. The number of rotatable bonds is 5. The van der Waals surface area contributed by atoms with Crippen LogP contribution in [0.1, 0.15) is 12.0 Å². The number of hydrogen-bond acceptors (Lipinski definition) is 5. The fourth-order valence-electron chi connectivity index (χ4n) is 2.68. The highest BCUT2D eigenvalue weighted by molar-refractivity contribution is 6.42. The van der Waals surface area contributed by atoms with E-state index in [-0.39, 0.29) is 11.7 Å². The van der Waals surface area contributed by atoms with E-state index in [0.29, 0.717) is 40.1 Å². The van der Waals surface area contributed by atoms with Gasteiger partial charge in [-0.2, -0.15) is 5.10 Å². The molecule has 3 heterocycles. The van der Waals surface area contributed by atoms with Crippen LogP contribution in [0.15, 0.2) is 29.2 Å². The standard InChI is InChI=1S/C16H15Cl2N5O2/c17-11-2-1-9(5-12(11)18)6-19-16-21-13-7-20-23(8-10-3-4-25-10)14(13)15(24)22-16/h1-2,5,7,10H,3-4,6,8H2,(H2,19,21,22,24). The average Bonchev–Trinajstić information content (AvgIpc) is 2.95. The molecule has 1 unspecified atom stereocenters. The van der Waals surface area contributed by atoms with Crippen molar-refractivity contribution < 1.29 is 4.74 Å². The first-order valence-electron chi connectivity index (χ1n) is 7.85. The quantitative estimate of drug-likeness (QED) is 0.711. The van der Waals surface area contributed by atoms with Crippen LogP contribution >= 0.6 is 23.2 Å². The minimum Gasteiger partial charge on any atom is -0.376 e. The van der Waals surface area contributed by atoms with Crippen molar-refractivity contribution in [3.8, 4) is 0 Å². The summed E-state index contributed by atoms with van der Waals surface area (Å²) in [7, 11) is 0. The average molecular weight is 380 g/mol. The molecular formula is C16H15Cl2N5O2. The molecule has 0 bridgehead atoms. The maximum absolute atomic E-state index is 12.4. The van der Waals surface area contributed by atoms with Crippen molar-refractivity contribution in [2.24, 2.45) is 0 Å². The van der Waals surface area contributed by atoms with Crippen molar-refractivity contribution in [1.82, 2.24) is 19.7 Å². The van der Waals surface area contributed by atoms with Crippen molar-refractivity contribution in [2.45, 2.75) is 25.6 Å². The van der Waals surface area contributed by atoms with E-state index < -0.39 is 0 Å². The van der Waals surface area contributed by atoms with E-state index >= 15 is 0 Å². The van der Waals surface area contributed by atoms with E-state index in [1.54, 1.807) is 23.0 Å². The zero-order valence-corrected chi connectivity index (χ0v) is 14.6. The van der Waals surface area contributed by atoms with Gasteiger partial charge in [0.25, 0.3) is 5.56 Å². The van der Waals surface area contributed by atoms with Crippen LogP contribution in [0.25, 0.3) is 11.0 Å². The smallest absolute Gasteiger partial charge is 0.278 e. The van der Waals surface area contributed by atoms with E-state index in [1.807, 2.05) is 6.07 Å². The zero-order chi connectivity index (χ0) is 17.4. The van der Waals surface area contributed by atoms with Crippen LogP contribution in [0, 0.1) is 0 Å². The maximum Gasteiger partial charge on any atom is 0.278 e. The van der Waals surface area contributed by atoms with Crippen molar-refractivity contribution in [3.05, 3.63) is 50.4 Å². The third-order valence-electron chi connectivity index (χ3n) is 4.11. The van der Waals surface area contributed by atoms with Crippen LogP contribution in [0.5, 0.6) is 0 Å². The topological polar surface area (TPSA) is 84.8 Å². The lowest BCUT2D eigenvalue weighted by Gasteiger charge is -2.26. The largest absolute Gasteiger partial charge is 0.376 e. The van der Waals surface area contributed by atoms with Crippen molar-refractivity contribution >= 4 is 40.2 Å². The van der Waals surface area contributed by atoms with Crippen LogP contribution < -0.4 is 10.9 Å². The molecular weight excluding hydrogens is 365 g/mol. The van der Waals surface area contributed by atoms with Gasteiger partial charge in [0.05, 0.1) is 28.9 Å². The lowest BCUT2D eigenvalue weighted by molar-refractivity contribution is -0.0602. The molecule has 130 valence electrons. The van der Waals surface area contributed by atoms with Gasteiger partial charge in [0.2, 0.25) is 5.95 Å². The molecule has 9 heteroatoms. The Kier molecular flexibility index (Phi) is 4.37. The molecule has 1 aliphatic rings. The van der Waals surface area contributed by atoms with E-state index in [4.69, 9.17) is 27.9 Å². The number of ether oxygens (including phenoxy) is 1. The molecule has 3 aromatic rings. The Hall–Kier alpha value is -2.09. The Labute approximate surface area is 152 Å². The van der Waals surface area contributed by atoms with E-state index in [2.05, 4.69) is 20.4 Å². The number of halogens is 2. The second-order valence-corrected chi connectivity index (χ2v) is 6.67. The third kappa shape index (κ3) is 3.35. The first kappa shape index (κ1) is 16.4. The van der Waals surface area contributed by atoms with E-state index in [0.717, 1.165) is 18.6 Å². The lowest BCUT2D eigenvalue weighted by atomic mass is 10.2. The van der Waals surface area contributed by atoms with Gasteiger partial charge in [-0.15, -0.1) is 0 Å². The highest BCUT2D eigenvalue weighted by atomic mass is 35.5. The number of fused-ring (bicyclic) bond motifs is 1. The maximum atomic E-state index is 12.4. The number of benzene rings is 1. The second-order valence-electron chi connectivity index (χ2n) is 5.86. The number of aromatic nitrogens is 4. The van der Waals surface area contributed by atoms with Gasteiger partial charge < -0.3 is 10.1 Å². The number of anilines is 1. The van der Waals surface area contributed by atoms with Crippen LogP contribution in [0.3, 0.4) is 0 Å². The van der Waals surface area contributed by atoms with Gasteiger partial charge >= 0.3 is 0 Å². The van der Waals surface area contributed by atoms with E-state index in [1.165, 1.54) is 0 Å². The first-order chi connectivity index (χ1) is 12.1. The number of aromatic amines is 1. The highest BCUT2D eigenvalue weighted by Gasteiger charge is 2.21. The minimum atomic E-state index is -0.238. The molecule has 0 aliphatic carbocycles. The molecule has 1 aromatic carbocycles. The van der Waals surface area contributed by atoms with Crippen LogP contribution in [0.4, 0.5) is 5.95 Å². The predicted octanol–water partition coefficient (Wildman–Crippen LogP) is 2.83. The van der Waals surface area contributed by atoms with Crippen LogP contribution in [-0.4, -0.2) is 32.5 Å². The summed E-state index contributed by atoms with van der Waals surface area (Å²) in [5.74, 6) is 0.378. The molecule has 25 heavy (non-hydrogen) atoms. The Balaban J connectivity index is 1.54. The molecule has 1 saturated heterocycles. The van der Waals surface area contributed by atoms with Gasteiger partial charge in [0, 0.05) is 13.2 Å². The van der Waals surface area contributed by atoms with E-state index in [9.17, 15) is 4.79 Å². The van der Waals surface area contributed by atoms with Gasteiger partial charge in [-0.25, -0.2) is 4.98 Å². The van der Waals surface area contributed by atoms with Gasteiger partial charge in [-0.05, 0) is 24.1 Å². The minimum absolute atomic E-state index is 0.120. The molecule has 0 amide bonds. The molecule has 2 aromatic heterocycles. The van der Waals surface area contributed by atoms with Crippen LogP contribution in [-0.2, 0) is 17.8 Å². The second kappa shape index (κ2) is 6.67. The summed E-state index contributed by atoms with van der Waals surface area (Å²) >= 11 is 11.9. The van der Waals surface area contributed by atoms with Gasteiger partial charge in [-0.3, -0.25) is 14.5 Å². The van der Waals surface area contributed by atoms with Crippen molar-refractivity contribution in [1.29, 1.82) is 0 Å². The molecule has 2 N–H and O–H groups in total. The summed E-state index contributed by atoms with van der Waals surface area (Å²) in [6, 6.07) is 5.35. The van der Waals surface area contributed by atoms with Crippen molar-refractivity contribution in [2.75, 3.05) is 11.9 Å². The summed E-state index contributed by atoms with van der Waals surface area (Å²) in [4.78, 5) is 19.6. The fraction of sp³-hybridized carbons (Fsp3) is 0.312. The Morgan fingerprint density at radius 2 is 2.20 bits per heavy atom. The van der Waals surface area contributed by atoms with Gasteiger partial charge in [0.15, 0.2) is 5.52 Å². The zero-order valence-electron chi connectivity index (χ0n) is 13.1. The molecule has 1 fully saturated rings. The molecule has 4 rings (SSSR count). The number of hydrogen-bond donors (Lipinski definition) is 2. The summed E-state index contributed by atoms with van der Waals surface area (Å²) in [6.07, 6.45) is 2.69. The number of H-pyrrole nitrogens is 1. The predicted molar refractivity (Wildman–Crippen MR) is 96.3 cm³/mol.